The normalized spacial score (nSPS) is 22.2. The van der Waals surface area contributed by atoms with E-state index in [0.717, 1.165) is 29.1 Å². The molecule has 0 bridgehead atoms. The van der Waals surface area contributed by atoms with Crippen molar-refractivity contribution in [3.8, 4) is 11.4 Å². The van der Waals surface area contributed by atoms with Crippen molar-refractivity contribution in [2.75, 3.05) is 7.11 Å². The molecule has 5 rings (SSSR count). The van der Waals surface area contributed by atoms with Crippen LogP contribution < -0.4 is 4.74 Å². The first-order valence-electron chi connectivity index (χ1n) is 14.7. The van der Waals surface area contributed by atoms with E-state index in [1.165, 1.54) is 0 Å². The highest BCUT2D eigenvalue weighted by molar-refractivity contribution is 6.74. The van der Waals surface area contributed by atoms with Gasteiger partial charge in [-0.05, 0) is 92.2 Å². The fraction of sp³-hybridized carbons (Fsp3) is 0.455. The highest BCUT2D eigenvalue weighted by atomic mass is 28.4. The van der Waals surface area contributed by atoms with Crippen LogP contribution in [-0.2, 0) is 9.22 Å². The average Bonchev–Trinajstić information content (AvgIpc) is 3.38. The predicted octanol–water partition coefficient (Wildman–Crippen LogP) is 7.91. The molecule has 2 fully saturated rings. The Morgan fingerprint density at radius 2 is 1.74 bits per heavy atom. The maximum atomic E-state index is 14.6. The van der Waals surface area contributed by atoms with E-state index in [0.29, 0.717) is 37.0 Å². The van der Waals surface area contributed by atoms with Gasteiger partial charge in [0.1, 0.15) is 5.75 Å². The number of piperidine rings is 2. The third-order valence-corrected chi connectivity index (χ3v) is 13.7. The number of methoxy groups -OCH3 is 1. The molecular weight excluding hydrogens is 571 g/mol. The number of fused-ring (bicyclic) bond motifs is 1. The van der Waals surface area contributed by atoms with Gasteiger partial charge in [0, 0.05) is 17.8 Å². The van der Waals surface area contributed by atoms with Crippen molar-refractivity contribution in [1.82, 2.24) is 14.5 Å². The van der Waals surface area contributed by atoms with Crippen LogP contribution in [0.25, 0.3) is 11.8 Å². The number of halogens is 3. The SMILES string of the molecule is COc1cc(/C=C2\CC[C@@H]3CC[C@@H](O[Si](C)(C)C(C)(C)C)[C@@H](c4cc(F)c(F)c(F)c4)N3C2=O)ccc1-n1cnc(C)c1. The fourth-order valence-electron chi connectivity index (χ4n) is 5.92. The summed E-state index contributed by atoms with van der Waals surface area (Å²) in [6.45, 7) is 12.5. The van der Waals surface area contributed by atoms with Gasteiger partial charge in [0.05, 0.1) is 37.0 Å². The van der Waals surface area contributed by atoms with Crippen LogP contribution in [-0.4, -0.2) is 47.9 Å². The number of ether oxygens (including phenoxy) is 1. The number of hydrogen-bond donors (Lipinski definition) is 0. The maximum Gasteiger partial charge on any atom is 0.250 e. The lowest BCUT2D eigenvalue weighted by Crippen LogP contribution is -2.56. The first-order valence-corrected chi connectivity index (χ1v) is 17.7. The lowest BCUT2D eigenvalue weighted by molar-refractivity contribution is -0.141. The molecule has 1 amide bonds. The Bertz CT molecular complexity index is 1540. The molecule has 1 aromatic heterocycles. The quantitative estimate of drug-likeness (QED) is 0.162. The van der Waals surface area contributed by atoms with Crippen LogP contribution in [0.1, 0.15) is 69.3 Å². The van der Waals surface area contributed by atoms with E-state index in [-0.39, 0.29) is 22.6 Å². The van der Waals surface area contributed by atoms with Gasteiger partial charge in [-0.2, -0.15) is 0 Å². The van der Waals surface area contributed by atoms with Gasteiger partial charge in [-0.1, -0.05) is 26.8 Å². The van der Waals surface area contributed by atoms with Crippen LogP contribution >= 0.6 is 0 Å². The molecule has 0 spiro atoms. The van der Waals surface area contributed by atoms with Gasteiger partial charge in [-0.3, -0.25) is 4.79 Å². The molecule has 0 radical (unpaired) electrons. The van der Waals surface area contributed by atoms with Crippen molar-refractivity contribution in [2.24, 2.45) is 0 Å². The van der Waals surface area contributed by atoms with Crippen molar-refractivity contribution in [1.29, 1.82) is 0 Å². The second-order valence-electron chi connectivity index (χ2n) is 13.2. The van der Waals surface area contributed by atoms with Gasteiger partial charge in [0.15, 0.2) is 25.8 Å². The number of nitrogens with zero attached hydrogens (tertiary/aromatic N) is 3. The highest BCUT2D eigenvalue weighted by Gasteiger charge is 2.48. The van der Waals surface area contributed by atoms with Crippen LogP contribution in [0, 0.1) is 24.4 Å². The van der Waals surface area contributed by atoms with Crippen molar-refractivity contribution in [3.63, 3.8) is 0 Å². The lowest BCUT2D eigenvalue weighted by Gasteiger charge is -2.51. The highest BCUT2D eigenvalue weighted by Crippen LogP contribution is 2.46. The Balaban J connectivity index is 1.53. The predicted molar refractivity (Wildman–Crippen MR) is 163 cm³/mol. The summed E-state index contributed by atoms with van der Waals surface area (Å²) in [5.74, 6) is -3.65. The van der Waals surface area contributed by atoms with Crippen molar-refractivity contribution >= 4 is 20.3 Å². The molecule has 2 saturated heterocycles. The largest absolute Gasteiger partial charge is 0.495 e. The molecule has 2 aliphatic heterocycles. The second kappa shape index (κ2) is 11.6. The third kappa shape index (κ3) is 6.04. The zero-order chi connectivity index (χ0) is 31.3. The Morgan fingerprint density at radius 1 is 1.05 bits per heavy atom. The molecule has 0 saturated carbocycles. The van der Waals surface area contributed by atoms with E-state index in [2.05, 4.69) is 38.8 Å². The van der Waals surface area contributed by atoms with Crippen molar-refractivity contribution < 1.29 is 27.1 Å². The topological polar surface area (TPSA) is 56.6 Å². The first-order chi connectivity index (χ1) is 20.2. The molecule has 10 heteroatoms. The van der Waals surface area contributed by atoms with Crippen molar-refractivity contribution in [3.05, 3.63) is 82.7 Å². The lowest BCUT2D eigenvalue weighted by atomic mass is 9.82. The monoisotopic (exact) mass is 611 g/mol. The molecule has 3 aromatic rings. The molecule has 0 N–H and O–H groups in total. The van der Waals surface area contributed by atoms with E-state index < -0.39 is 37.9 Å². The number of aromatic nitrogens is 2. The van der Waals surface area contributed by atoms with Crippen LogP contribution in [0.4, 0.5) is 13.2 Å². The number of rotatable bonds is 6. The van der Waals surface area contributed by atoms with Crippen LogP contribution in [0.5, 0.6) is 5.75 Å². The van der Waals surface area contributed by atoms with Gasteiger partial charge in [-0.15, -0.1) is 0 Å². The average molecular weight is 612 g/mol. The van der Waals surface area contributed by atoms with Gasteiger partial charge in [-0.25, -0.2) is 18.2 Å². The van der Waals surface area contributed by atoms with Crippen LogP contribution in [0.15, 0.2) is 48.4 Å². The Kier molecular flexibility index (Phi) is 8.39. The first kappa shape index (κ1) is 31.1. The maximum absolute atomic E-state index is 14.6. The summed E-state index contributed by atoms with van der Waals surface area (Å²) < 4.78 is 57.6. The minimum Gasteiger partial charge on any atom is -0.495 e. The van der Waals surface area contributed by atoms with E-state index in [9.17, 15) is 18.0 Å². The zero-order valence-corrected chi connectivity index (χ0v) is 26.9. The number of carbonyl (C=O) groups is 1. The molecule has 0 aliphatic carbocycles. The van der Waals surface area contributed by atoms with Crippen molar-refractivity contribution in [2.45, 2.75) is 89.7 Å². The minimum atomic E-state index is -2.34. The third-order valence-electron chi connectivity index (χ3n) is 9.22. The Labute approximate surface area is 252 Å². The van der Waals surface area contributed by atoms with Crippen LogP contribution in [0.2, 0.25) is 18.1 Å². The van der Waals surface area contributed by atoms with E-state index >= 15 is 0 Å². The number of imidazole rings is 1. The molecule has 6 nitrogen and oxygen atoms in total. The molecule has 0 unspecified atom stereocenters. The minimum absolute atomic E-state index is 0.119. The van der Waals surface area contributed by atoms with E-state index in [1.54, 1.807) is 18.3 Å². The number of carbonyl (C=O) groups excluding carboxylic acids is 1. The number of amides is 1. The number of hydrogen-bond acceptors (Lipinski definition) is 4. The molecule has 230 valence electrons. The van der Waals surface area contributed by atoms with Gasteiger partial charge in [0.25, 0.3) is 5.91 Å². The summed E-state index contributed by atoms with van der Waals surface area (Å²) in [5, 5.41) is -0.120. The standard InChI is InChI=1S/C33H40F3N3O3Si/c1-20-18-38(19-37-20)27-12-8-21(15-29(27)41-5)14-22-9-10-24-11-13-28(42-43(6,7)33(2,3)4)31(39(24)32(22)40)23-16-25(34)30(36)26(35)17-23/h8,12,14-19,24,28,31H,9-11,13H2,1-7H3/b22-14+/t24-,28-,31-/m1/s1. The van der Waals surface area contributed by atoms with Gasteiger partial charge in [0.2, 0.25) is 0 Å². The summed E-state index contributed by atoms with van der Waals surface area (Å²) in [5.41, 5.74) is 3.29. The Morgan fingerprint density at radius 3 is 2.35 bits per heavy atom. The van der Waals surface area contributed by atoms with Crippen LogP contribution in [0.3, 0.4) is 0 Å². The summed E-state index contributed by atoms with van der Waals surface area (Å²) >= 11 is 0. The molecule has 2 aromatic carbocycles. The molecule has 2 aliphatic rings. The van der Waals surface area contributed by atoms with Gasteiger partial charge >= 0.3 is 0 Å². The van der Waals surface area contributed by atoms with E-state index in [4.69, 9.17) is 9.16 Å². The molecule has 3 atom stereocenters. The number of benzene rings is 2. The second-order valence-corrected chi connectivity index (χ2v) is 17.9. The summed E-state index contributed by atoms with van der Waals surface area (Å²) in [6.07, 6.45) is 7.62. The number of aryl methyl sites for hydroxylation is 1. The van der Waals surface area contributed by atoms with E-state index in [1.807, 2.05) is 42.0 Å². The van der Waals surface area contributed by atoms with Gasteiger partial charge < -0.3 is 18.6 Å². The fourth-order valence-corrected chi connectivity index (χ4v) is 7.27. The summed E-state index contributed by atoms with van der Waals surface area (Å²) in [4.78, 5) is 20.3. The molecular formula is C33H40F3N3O3Si. The molecule has 43 heavy (non-hydrogen) atoms. The zero-order valence-electron chi connectivity index (χ0n) is 25.9. The Hall–Kier alpha value is -3.37. The molecule has 3 heterocycles. The smallest absolute Gasteiger partial charge is 0.250 e. The summed E-state index contributed by atoms with van der Waals surface area (Å²) in [6, 6.07) is 6.86. The summed E-state index contributed by atoms with van der Waals surface area (Å²) in [7, 11) is -0.744.